The van der Waals surface area contributed by atoms with Crippen LogP contribution in [0.15, 0.2) is 6.20 Å². The molecule has 1 N–H and O–H groups in total. The van der Waals surface area contributed by atoms with Gasteiger partial charge in [0.25, 0.3) is 0 Å². The first-order valence-electron chi connectivity index (χ1n) is 5.25. The van der Waals surface area contributed by atoms with Crippen LogP contribution in [0.1, 0.15) is 27.2 Å². The first kappa shape index (κ1) is 13.0. The maximum Gasteiger partial charge on any atom is 0.237 e. The van der Waals surface area contributed by atoms with Gasteiger partial charge in [-0.3, -0.25) is 0 Å². The second kappa shape index (κ2) is 5.34. The Labute approximate surface area is 101 Å². The molecule has 0 radical (unpaired) electrons. The zero-order valence-corrected chi connectivity index (χ0v) is 10.9. The van der Waals surface area contributed by atoms with E-state index in [1.54, 1.807) is 7.05 Å². The van der Waals surface area contributed by atoms with E-state index in [4.69, 9.17) is 16.3 Å². The van der Waals surface area contributed by atoms with Crippen LogP contribution in [0.4, 0.5) is 5.95 Å². The molecule has 0 amide bonds. The molecule has 0 aliphatic rings. The lowest BCUT2D eigenvalue weighted by molar-refractivity contribution is 0.236. The van der Waals surface area contributed by atoms with Crippen LogP contribution in [0, 0.1) is 5.41 Å². The zero-order valence-electron chi connectivity index (χ0n) is 10.2. The van der Waals surface area contributed by atoms with Crippen LogP contribution >= 0.6 is 11.6 Å². The number of anilines is 1. The number of nitrogens with zero attached hydrogens (tertiary/aromatic N) is 2. The van der Waals surface area contributed by atoms with Crippen LogP contribution in [0.3, 0.4) is 0 Å². The molecule has 4 nitrogen and oxygen atoms in total. The van der Waals surface area contributed by atoms with Gasteiger partial charge in [0.1, 0.15) is 5.02 Å². The average molecular weight is 244 g/mol. The minimum Gasteiger partial charge on any atom is -0.476 e. The summed E-state index contributed by atoms with van der Waals surface area (Å²) < 4.78 is 5.53. The van der Waals surface area contributed by atoms with Crippen LogP contribution in [-0.4, -0.2) is 23.6 Å². The number of aromatic nitrogens is 2. The lowest BCUT2D eigenvalue weighted by atomic mass is 9.93. The highest BCUT2D eigenvalue weighted by Gasteiger charge is 2.11. The fraction of sp³-hybridized carbons (Fsp3) is 0.636. The predicted molar refractivity (Wildman–Crippen MR) is 66.2 cm³/mol. The molecule has 0 fully saturated rings. The largest absolute Gasteiger partial charge is 0.476 e. The van der Waals surface area contributed by atoms with Gasteiger partial charge in [0.05, 0.1) is 12.8 Å². The summed E-state index contributed by atoms with van der Waals surface area (Å²) in [4.78, 5) is 8.11. The summed E-state index contributed by atoms with van der Waals surface area (Å²) >= 11 is 5.93. The summed E-state index contributed by atoms with van der Waals surface area (Å²) in [5, 5.41) is 3.28. The summed E-state index contributed by atoms with van der Waals surface area (Å²) in [5.74, 6) is 0.945. The topological polar surface area (TPSA) is 47.0 Å². The molecule has 1 aromatic heterocycles. The van der Waals surface area contributed by atoms with E-state index in [0.29, 0.717) is 23.5 Å². The minimum absolute atomic E-state index is 0.241. The van der Waals surface area contributed by atoms with E-state index in [0.717, 1.165) is 6.42 Å². The van der Waals surface area contributed by atoms with E-state index in [-0.39, 0.29) is 5.41 Å². The Bertz CT molecular complexity index is 350. The Hall–Kier alpha value is -1.03. The van der Waals surface area contributed by atoms with Crippen LogP contribution in [-0.2, 0) is 0 Å². The van der Waals surface area contributed by atoms with Crippen molar-refractivity contribution in [3.8, 4) is 5.88 Å². The molecule has 90 valence electrons. The monoisotopic (exact) mass is 243 g/mol. The second-order valence-electron chi connectivity index (χ2n) is 4.76. The third-order valence-electron chi connectivity index (χ3n) is 2.03. The van der Waals surface area contributed by atoms with Crippen molar-refractivity contribution in [2.45, 2.75) is 27.2 Å². The van der Waals surface area contributed by atoms with Gasteiger partial charge in [-0.05, 0) is 11.8 Å². The molecule has 16 heavy (non-hydrogen) atoms. The SMILES string of the molecule is CNc1ncc(Cl)c(OCCC(C)(C)C)n1. The molecular formula is C11H18ClN3O. The zero-order chi connectivity index (χ0) is 12.2. The van der Waals surface area contributed by atoms with E-state index in [1.807, 2.05) is 0 Å². The first-order chi connectivity index (χ1) is 7.42. The van der Waals surface area contributed by atoms with Crippen molar-refractivity contribution in [3.63, 3.8) is 0 Å². The van der Waals surface area contributed by atoms with Gasteiger partial charge >= 0.3 is 0 Å². The van der Waals surface area contributed by atoms with E-state index < -0.39 is 0 Å². The smallest absolute Gasteiger partial charge is 0.237 e. The fourth-order valence-corrected chi connectivity index (χ4v) is 1.17. The third kappa shape index (κ3) is 4.23. The maximum atomic E-state index is 5.93. The molecule has 0 saturated heterocycles. The van der Waals surface area contributed by atoms with Crippen LogP contribution < -0.4 is 10.1 Å². The number of hydrogen-bond acceptors (Lipinski definition) is 4. The van der Waals surface area contributed by atoms with Crippen LogP contribution in [0.5, 0.6) is 5.88 Å². The van der Waals surface area contributed by atoms with E-state index >= 15 is 0 Å². The normalized spacial score (nSPS) is 11.3. The molecular weight excluding hydrogens is 226 g/mol. The van der Waals surface area contributed by atoms with Crippen molar-refractivity contribution in [2.75, 3.05) is 19.0 Å². The van der Waals surface area contributed by atoms with Gasteiger partial charge in [-0.1, -0.05) is 32.4 Å². The number of rotatable bonds is 4. The lowest BCUT2D eigenvalue weighted by Gasteiger charge is -2.18. The molecule has 1 aromatic rings. The molecule has 0 atom stereocenters. The van der Waals surface area contributed by atoms with Gasteiger partial charge in [-0.25, -0.2) is 4.98 Å². The van der Waals surface area contributed by atoms with Crippen molar-refractivity contribution in [2.24, 2.45) is 5.41 Å². The summed E-state index contributed by atoms with van der Waals surface area (Å²) in [6.07, 6.45) is 2.48. The van der Waals surface area contributed by atoms with Gasteiger partial charge in [-0.15, -0.1) is 0 Å². The summed E-state index contributed by atoms with van der Waals surface area (Å²) in [7, 11) is 1.75. The van der Waals surface area contributed by atoms with Gasteiger partial charge in [0.15, 0.2) is 0 Å². The predicted octanol–water partition coefficient (Wildman–Crippen LogP) is 2.99. The molecule has 1 rings (SSSR count). The molecule has 1 heterocycles. The van der Waals surface area contributed by atoms with E-state index in [1.165, 1.54) is 6.20 Å². The highest BCUT2D eigenvalue weighted by atomic mass is 35.5. The summed E-state index contributed by atoms with van der Waals surface area (Å²) in [6.45, 7) is 7.09. The van der Waals surface area contributed by atoms with Crippen molar-refractivity contribution in [1.29, 1.82) is 0 Å². The molecule has 5 heteroatoms. The van der Waals surface area contributed by atoms with E-state index in [2.05, 4.69) is 36.1 Å². The number of ether oxygens (including phenoxy) is 1. The Kier molecular flexibility index (Phi) is 4.35. The maximum absolute atomic E-state index is 5.93. The third-order valence-corrected chi connectivity index (χ3v) is 2.29. The quantitative estimate of drug-likeness (QED) is 0.883. The highest BCUT2D eigenvalue weighted by Crippen LogP contribution is 2.24. The van der Waals surface area contributed by atoms with E-state index in [9.17, 15) is 0 Å². The second-order valence-corrected chi connectivity index (χ2v) is 5.16. The van der Waals surface area contributed by atoms with Crippen LogP contribution in [0.2, 0.25) is 5.02 Å². The summed E-state index contributed by atoms with van der Waals surface area (Å²) in [6, 6.07) is 0. The standard InChI is InChI=1S/C11H18ClN3O/c1-11(2,3)5-6-16-9-8(12)7-14-10(13-4)15-9/h7H,5-6H2,1-4H3,(H,13,14,15). The Morgan fingerprint density at radius 1 is 1.44 bits per heavy atom. The fourth-order valence-electron chi connectivity index (χ4n) is 1.03. The Morgan fingerprint density at radius 2 is 2.12 bits per heavy atom. The van der Waals surface area contributed by atoms with Gasteiger partial charge in [0, 0.05) is 7.05 Å². The Morgan fingerprint density at radius 3 is 2.69 bits per heavy atom. The molecule has 0 bridgehead atoms. The molecule has 0 saturated carbocycles. The van der Waals surface area contributed by atoms with Gasteiger partial charge in [0.2, 0.25) is 11.8 Å². The lowest BCUT2D eigenvalue weighted by Crippen LogP contribution is -2.12. The summed E-state index contributed by atoms with van der Waals surface area (Å²) in [5.41, 5.74) is 0.241. The van der Waals surface area contributed by atoms with Gasteiger partial charge < -0.3 is 10.1 Å². The Balaban J connectivity index is 2.59. The molecule has 0 spiro atoms. The number of halogens is 1. The van der Waals surface area contributed by atoms with Crippen molar-refractivity contribution in [3.05, 3.63) is 11.2 Å². The number of nitrogens with one attached hydrogen (secondary N) is 1. The molecule has 0 aliphatic carbocycles. The average Bonchev–Trinajstić information content (AvgIpc) is 2.19. The van der Waals surface area contributed by atoms with Crippen molar-refractivity contribution in [1.82, 2.24) is 9.97 Å². The molecule has 0 aromatic carbocycles. The molecule has 0 unspecified atom stereocenters. The number of hydrogen-bond donors (Lipinski definition) is 1. The molecule has 0 aliphatic heterocycles. The van der Waals surface area contributed by atoms with Crippen molar-refractivity contribution < 1.29 is 4.74 Å². The highest BCUT2D eigenvalue weighted by molar-refractivity contribution is 6.31. The van der Waals surface area contributed by atoms with Crippen LogP contribution in [0.25, 0.3) is 0 Å². The van der Waals surface area contributed by atoms with Gasteiger partial charge in [-0.2, -0.15) is 4.98 Å². The minimum atomic E-state index is 0.241. The van der Waals surface area contributed by atoms with Crippen molar-refractivity contribution >= 4 is 17.5 Å². The first-order valence-corrected chi connectivity index (χ1v) is 5.63.